The fraction of sp³-hybridized carbons (Fsp3) is 0.143. The molecule has 0 aliphatic rings. The number of nitrogens with one attached hydrogen (secondary N) is 1. The number of rotatable bonds is 3. The highest BCUT2D eigenvalue weighted by Crippen LogP contribution is 2.27. The van der Waals surface area contributed by atoms with Crippen molar-refractivity contribution in [2.45, 2.75) is 13.5 Å². The van der Waals surface area contributed by atoms with E-state index >= 15 is 0 Å². The Balaban J connectivity index is 2.11. The number of aryl methyl sites for hydroxylation is 1. The lowest BCUT2D eigenvalue weighted by molar-refractivity contribution is 1.14. The summed E-state index contributed by atoms with van der Waals surface area (Å²) < 4.78 is 0.943. The number of anilines is 1. The molecule has 0 aliphatic heterocycles. The molecule has 0 fully saturated rings. The highest BCUT2D eigenvalue weighted by molar-refractivity contribution is 9.10. The molecule has 0 aliphatic carbocycles. The van der Waals surface area contributed by atoms with E-state index in [1.165, 1.54) is 0 Å². The minimum absolute atomic E-state index is 0.680. The first-order valence-electron chi connectivity index (χ1n) is 5.50. The van der Waals surface area contributed by atoms with E-state index in [9.17, 15) is 0 Å². The van der Waals surface area contributed by atoms with Crippen LogP contribution in [0.5, 0.6) is 0 Å². The molecule has 18 heavy (non-hydrogen) atoms. The van der Waals surface area contributed by atoms with Gasteiger partial charge in [-0.05, 0) is 58.2 Å². The van der Waals surface area contributed by atoms with E-state index in [-0.39, 0.29) is 0 Å². The Morgan fingerprint density at radius 1 is 1.11 bits per heavy atom. The van der Waals surface area contributed by atoms with Gasteiger partial charge in [0, 0.05) is 26.8 Å². The van der Waals surface area contributed by atoms with Crippen molar-refractivity contribution in [1.82, 2.24) is 0 Å². The third kappa shape index (κ3) is 3.41. The van der Waals surface area contributed by atoms with Crippen LogP contribution in [0.4, 0.5) is 5.69 Å². The molecule has 2 rings (SSSR count). The van der Waals surface area contributed by atoms with Crippen molar-refractivity contribution < 1.29 is 0 Å². The monoisotopic (exact) mass is 343 g/mol. The van der Waals surface area contributed by atoms with Crippen molar-refractivity contribution in [3.63, 3.8) is 0 Å². The molecular weight excluding hydrogens is 333 g/mol. The summed E-state index contributed by atoms with van der Waals surface area (Å²) in [5.74, 6) is 0. The summed E-state index contributed by atoms with van der Waals surface area (Å²) in [4.78, 5) is 0. The molecule has 0 spiro atoms. The maximum atomic E-state index is 6.19. The van der Waals surface area contributed by atoms with E-state index in [1.54, 1.807) is 0 Å². The normalized spacial score (nSPS) is 10.4. The number of benzene rings is 2. The van der Waals surface area contributed by atoms with E-state index < -0.39 is 0 Å². The van der Waals surface area contributed by atoms with Gasteiger partial charge in [0.25, 0.3) is 0 Å². The largest absolute Gasteiger partial charge is 0.380 e. The predicted octanol–water partition coefficient (Wildman–Crippen LogP) is 5.68. The Labute approximate surface area is 125 Å². The van der Waals surface area contributed by atoms with Crippen molar-refractivity contribution in [2.75, 3.05) is 5.32 Å². The van der Waals surface area contributed by atoms with E-state index in [0.717, 1.165) is 26.3 Å². The number of hydrogen-bond donors (Lipinski definition) is 1. The SMILES string of the molecule is Cc1ccc(CNc2ccc(Cl)cc2Br)c(Cl)c1. The van der Waals surface area contributed by atoms with Gasteiger partial charge in [-0.25, -0.2) is 0 Å². The van der Waals surface area contributed by atoms with Gasteiger partial charge in [0.2, 0.25) is 0 Å². The van der Waals surface area contributed by atoms with E-state index in [4.69, 9.17) is 23.2 Å². The second kappa shape index (κ2) is 5.96. The molecule has 1 nitrogen and oxygen atoms in total. The minimum atomic E-state index is 0.680. The second-order valence-electron chi connectivity index (χ2n) is 4.07. The topological polar surface area (TPSA) is 12.0 Å². The van der Waals surface area contributed by atoms with Crippen LogP contribution in [0.3, 0.4) is 0 Å². The number of hydrogen-bond acceptors (Lipinski definition) is 1. The van der Waals surface area contributed by atoms with Gasteiger partial charge in [-0.2, -0.15) is 0 Å². The van der Waals surface area contributed by atoms with E-state index in [1.807, 2.05) is 37.3 Å². The molecule has 0 amide bonds. The third-order valence-electron chi connectivity index (χ3n) is 2.61. The minimum Gasteiger partial charge on any atom is -0.380 e. The van der Waals surface area contributed by atoms with Gasteiger partial charge in [-0.15, -0.1) is 0 Å². The van der Waals surface area contributed by atoms with Crippen LogP contribution in [0.15, 0.2) is 40.9 Å². The summed E-state index contributed by atoms with van der Waals surface area (Å²) in [5, 5.41) is 4.82. The first-order chi connectivity index (χ1) is 8.56. The molecule has 0 heterocycles. The summed E-state index contributed by atoms with van der Waals surface area (Å²) in [6.45, 7) is 2.71. The van der Waals surface area contributed by atoms with Crippen molar-refractivity contribution in [3.8, 4) is 0 Å². The summed E-state index contributed by atoms with van der Waals surface area (Å²) in [7, 11) is 0. The van der Waals surface area contributed by atoms with Gasteiger partial charge in [-0.3, -0.25) is 0 Å². The zero-order valence-electron chi connectivity index (χ0n) is 9.81. The molecule has 0 bridgehead atoms. The fourth-order valence-corrected chi connectivity index (χ4v) is 2.74. The third-order valence-corrected chi connectivity index (χ3v) is 3.85. The molecule has 2 aromatic rings. The maximum Gasteiger partial charge on any atom is 0.0488 e. The van der Waals surface area contributed by atoms with Gasteiger partial charge in [0.15, 0.2) is 0 Å². The summed E-state index contributed by atoms with van der Waals surface area (Å²) in [5.41, 5.74) is 3.23. The molecule has 1 N–H and O–H groups in total. The number of halogens is 3. The molecule has 0 saturated carbocycles. The highest BCUT2D eigenvalue weighted by Gasteiger charge is 2.03. The zero-order chi connectivity index (χ0) is 13.1. The molecule has 0 unspecified atom stereocenters. The molecule has 0 radical (unpaired) electrons. The Hall–Kier alpha value is -0.700. The van der Waals surface area contributed by atoms with Gasteiger partial charge in [-0.1, -0.05) is 35.3 Å². The molecule has 2 aromatic carbocycles. The van der Waals surface area contributed by atoms with Crippen LogP contribution in [0.1, 0.15) is 11.1 Å². The quantitative estimate of drug-likeness (QED) is 0.755. The summed E-state index contributed by atoms with van der Waals surface area (Å²) >= 11 is 15.6. The van der Waals surface area contributed by atoms with Crippen molar-refractivity contribution in [2.24, 2.45) is 0 Å². The maximum absolute atomic E-state index is 6.19. The van der Waals surface area contributed by atoms with Gasteiger partial charge in [0.1, 0.15) is 0 Å². The van der Waals surface area contributed by atoms with Crippen LogP contribution >= 0.6 is 39.1 Å². The second-order valence-corrected chi connectivity index (χ2v) is 5.77. The Kier molecular flexibility index (Phi) is 4.55. The van der Waals surface area contributed by atoms with Crippen molar-refractivity contribution in [1.29, 1.82) is 0 Å². The Morgan fingerprint density at radius 3 is 2.56 bits per heavy atom. The summed E-state index contributed by atoms with van der Waals surface area (Å²) in [6, 6.07) is 11.7. The lowest BCUT2D eigenvalue weighted by atomic mass is 10.1. The fourth-order valence-electron chi connectivity index (χ4n) is 1.62. The van der Waals surface area contributed by atoms with E-state index in [2.05, 4.69) is 27.3 Å². The standard InChI is InChI=1S/C14H12BrCl2N/c1-9-2-3-10(13(17)6-9)8-18-14-5-4-11(16)7-12(14)15/h2-7,18H,8H2,1H3. The molecule has 4 heteroatoms. The first-order valence-corrected chi connectivity index (χ1v) is 7.05. The average Bonchev–Trinajstić information content (AvgIpc) is 2.30. The van der Waals surface area contributed by atoms with Crippen LogP contribution in [0, 0.1) is 6.92 Å². The molecule has 0 saturated heterocycles. The van der Waals surface area contributed by atoms with Crippen molar-refractivity contribution in [3.05, 3.63) is 62.0 Å². The molecule has 0 atom stereocenters. The van der Waals surface area contributed by atoms with Crippen LogP contribution in [0.2, 0.25) is 10.0 Å². The van der Waals surface area contributed by atoms with Gasteiger partial charge < -0.3 is 5.32 Å². The van der Waals surface area contributed by atoms with Crippen LogP contribution in [-0.4, -0.2) is 0 Å². The zero-order valence-corrected chi connectivity index (χ0v) is 12.9. The first kappa shape index (κ1) is 13.7. The highest BCUT2D eigenvalue weighted by atomic mass is 79.9. The lowest BCUT2D eigenvalue weighted by Gasteiger charge is -2.10. The van der Waals surface area contributed by atoms with Crippen LogP contribution in [-0.2, 0) is 6.54 Å². The lowest BCUT2D eigenvalue weighted by Crippen LogP contribution is -2.00. The predicted molar refractivity (Wildman–Crippen MR) is 82.7 cm³/mol. The summed E-state index contributed by atoms with van der Waals surface area (Å²) in [6.07, 6.45) is 0. The molecule has 94 valence electrons. The van der Waals surface area contributed by atoms with Gasteiger partial charge in [0.05, 0.1) is 0 Å². The Morgan fingerprint density at radius 2 is 1.89 bits per heavy atom. The van der Waals surface area contributed by atoms with Crippen LogP contribution < -0.4 is 5.32 Å². The van der Waals surface area contributed by atoms with Gasteiger partial charge >= 0.3 is 0 Å². The molecular formula is C14H12BrCl2N. The van der Waals surface area contributed by atoms with E-state index in [0.29, 0.717) is 11.6 Å². The molecule has 0 aromatic heterocycles. The smallest absolute Gasteiger partial charge is 0.0488 e. The average molecular weight is 345 g/mol. The Bertz CT molecular complexity index is 518. The van der Waals surface area contributed by atoms with Crippen LogP contribution in [0.25, 0.3) is 0 Å². The van der Waals surface area contributed by atoms with Crippen molar-refractivity contribution >= 4 is 44.8 Å².